The van der Waals surface area contributed by atoms with Gasteiger partial charge in [0.2, 0.25) is 0 Å². The molecule has 2 aliphatic rings. The van der Waals surface area contributed by atoms with E-state index in [1.54, 1.807) is 4.90 Å². The smallest absolute Gasteiger partial charge is 0.270 e. The first-order valence-corrected chi connectivity index (χ1v) is 10.4. The highest BCUT2D eigenvalue weighted by Gasteiger charge is 2.37. The van der Waals surface area contributed by atoms with Crippen LogP contribution in [0.25, 0.3) is 10.9 Å². The Bertz CT molecular complexity index is 1100. The quantitative estimate of drug-likeness (QED) is 0.606. The largest absolute Gasteiger partial charge is 0.394 e. The number of carbonyl (C=O) groups is 1. The van der Waals surface area contributed by atoms with Crippen molar-refractivity contribution in [3.8, 4) is 0 Å². The number of carbonyl (C=O) groups excluding carboxylic acids is 1. The van der Waals surface area contributed by atoms with Gasteiger partial charge < -0.3 is 20.3 Å². The Hall–Kier alpha value is -2.52. The van der Waals surface area contributed by atoms with Gasteiger partial charge in [-0.2, -0.15) is 0 Å². The number of hydrogen-bond acceptors (Lipinski definition) is 5. The van der Waals surface area contributed by atoms with Gasteiger partial charge in [0.15, 0.2) is 16.8 Å². The maximum Gasteiger partial charge on any atom is 0.270 e. The molecule has 29 heavy (non-hydrogen) atoms. The van der Waals surface area contributed by atoms with E-state index in [2.05, 4.69) is 15.3 Å². The average Bonchev–Trinajstić information content (AvgIpc) is 3.30. The van der Waals surface area contributed by atoms with E-state index < -0.39 is 11.6 Å². The number of H-pyrrole nitrogens is 1. The number of anilines is 1. The second kappa shape index (κ2) is 6.77. The highest BCUT2D eigenvalue weighted by molar-refractivity contribution is 7.15. The number of nitrogens with one attached hydrogen (secondary N) is 2. The number of aromatic nitrogens is 2. The van der Waals surface area contributed by atoms with E-state index in [0.29, 0.717) is 25.0 Å². The first-order chi connectivity index (χ1) is 14.0. The molecule has 1 saturated carbocycles. The van der Waals surface area contributed by atoms with Gasteiger partial charge in [0.05, 0.1) is 24.4 Å². The van der Waals surface area contributed by atoms with Gasteiger partial charge in [0.1, 0.15) is 5.69 Å². The molecule has 5 rings (SSSR count). The van der Waals surface area contributed by atoms with Crippen LogP contribution >= 0.6 is 11.3 Å². The predicted molar refractivity (Wildman–Crippen MR) is 106 cm³/mol. The molecule has 1 amide bonds. The number of benzene rings is 1. The van der Waals surface area contributed by atoms with Crippen LogP contribution in [0.15, 0.2) is 18.2 Å². The summed E-state index contributed by atoms with van der Waals surface area (Å²) in [6, 6.07) is 3.84. The number of amides is 1. The molecule has 152 valence electrons. The normalized spacial score (nSPS) is 17.8. The standard InChI is InChI=1S/C20H20F2N4O2S/c21-12-2-3-13-11(17(12)22)8-15(23-13)18(28)26-7-4-14-16(9-26)29-19(24-14)25-20(10-27)5-1-6-20/h2-3,8,23,27H,1,4-7,9-10H2,(H,24,25). The van der Waals surface area contributed by atoms with Crippen molar-refractivity contribution in [2.45, 2.75) is 37.8 Å². The molecule has 0 saturated heterocycles. The van der Waals surface area contributed by atoms with Gasteiger partial charge in [-0.25, -0.2) is 13.8 Å². The minimum absolute atomic E-state index is 0.0742. The van der Waals surface area contributed by atoms with Gasteiger partial charge in [0, 0.05) is 28.7 Å². The van der Waals surface area contributed by atoms with Crippen molar-refractivity contribution in [2.24, 2.45) is 0 Å². The highest BCUT2D eigenvalue weighted by atomic mass is 32.1. The molecule has 0 atom stereocenters. The second-order valence-corrected chi connectivity index (χ2v) is 8.87. The van der Waals surface area contributed by atoms with Gasteiger partial charge in [-0.15, -0.1) is 0 Å². The summed E-state index contributed by atoms with van der Waals surface area (Å²) in [6.45, 7) is 1.01. The number of nitrogens with zero attached hydrogens (tertiary/aromatic N) is 2. The van der Waals surface area contributed by atoms with E-state index in [1.165, 1.54) is 23.5 Å². The molecule has 2 aromatic heterocycles. The van der Waals surface area contributed by atoms with Crippen LogP contribution in [0.4, 0.5) is 13.9 Å². The lowest BCUT2D eigenvalue weighted by Gasteiger charge is -2.40. The summed E-state index contributed by atoms with van der Waals surface area (Å²) in [5.41, 5.74) is 1.34. The Balaban J connectivity index is 1.35. The van der Waals surface area contributed by atoms with Crippen molar-refractivity contribution >= 4 is 33.3 Å². The molecule has 0 radical (unpaired) electrons. The van der Waals surface area contributed by atoms with Gasteiger partial charge >= 0.3 is 0 Å². The zero-order valence-electron chi connectivity index (χ0n) is 15.6. The van der Waals surface area contributed by atoms with E-state index in [0.717, 1.165) is 41.0 Å². The molecular formula is C20H20F2N4O2S. The first-order valence-electron chi connectivity index (χ1n) is 9.62. The van der Waals surface area contributed by atoms with Crippen LogP contribution in [0.2, 0.25) is 0 Å². The van der Waals surface area contributed by atoms with E-state index in [9.17, 15) is 18.7 Å². The number of fused-ring (bicyclic) bond motifs is 2. The van der Waals surface area contributed by atoms with Crippen molar-refractivity contribution < 1.29 is 18.7 Å². The number of thiazole rings is 1. The zero-order valence-corrected chi connectivity index (χ0v) is 16.4. The van der Waals surface area contributed by atoms with Crippen LogP contribution in [-0.4, -0.2) is 44.6 Å². The third-order valence-corrected chi connectivity index (χ3v) is 6.92. The van der Waals surface area contributed by atoms with Crippen molar-refractivity contribution in [3.05, 3.63) is 46.1 Å². The van der Waals surface area contributed by atoms with Crippen molar-refractivity contribution in [3.63, 3.8) is 0 Å². The maximum atomic E-state index is 14.0. The Labute approximate surface area is 169 Å². The summed E-state index contributed by atoms with van der Waals surface area (Å²) >= 11 is 1.51. The molecule has 0 unspecified atom stereocenters. The molecule has 3 heterocycles. The number of rotatable bonds is 4. The molecule has 0 spiro atoms. The van der Waals surface area contributed by atoms with Gasteiger partial charge in [0.25, 0.3) is 5.91 Å². The van der Waals surface area contributed by atoms with Gasteiger partial charge in [-0.1, -0.05) is 11.3 Å². The fraction of sp³-hybridized carbons (Fsp3) is 0.400. The van der Waals surface area contributed by atoms with Crippen LogP contribution in [0.5, 0.6) is 0 Å². The number of aliphatic hydroxyl groups excluding tert-OH is 1. The van der Waals surface area contributed by atoms with Crippen LogP contribution in [0, 0.1) is 11.6 Å². The maximum absolute atomic E-state index is 14.0. The molecular weight excluding hydrogens is 398 g/mol. The lowest BCUT2D eigenvalue weighted by atomic mass is 9.77. The Kier molecular flexibility index (Phi) is 4.32. The Morgan fingerprint density at radius 3 is 2.93 bits per heavy atom. The van der Waals surface area contributed by atoms with Crippen molar-refractivity contribution in [1.29, 1.82) is 0 Å². The second-order valence-electron chi connectivity index (χ2n) is 7.79. The third-order valence-electron chi connectivity index (χ3n) is 5.92. The summed E-state index contributed by atoms with van der Waals surface area (Å²) in [6.07, 6.45) is 3.58. The number of hydrogen-bond donors (Lipinski definition) is 3. The monoisotopic (exact) mass is 418 g/mol. The molecule has 9 heteroatoms. The zero-order chi connectivity index (χ0) is 20.2. The summed E-state index contributed by atoms with van der Waals surface area (Å²) in [7, 11) is 0. The first kappa shape index (κ1) is 18.5. The van der Waals surface area contributed by atoms with Gasteiger partial charge in [-0.3, -0.25) is 4.79 Å². The van der Waals surface area contributed by atoms with Crippen LogP contribution in [0.3, 0.4) is 0 Å². The molecule has 1 aliphatic carbocycles. The average molecular weight is 418 g/mol. The highest BCUT2D eigenvalue weighted by Crippen LogP contribution is 2.37. The number of aromatic amines is 1. The Morgan fingerprint density at radius 1 is 1.38 bits per heavy atom. The Morgan fingerprint density at radius 2 is 2.21 bits per heavy atom. The molecule has 6 nitrogen and oxygen atoms in total. The number of halogens is 2. The van der Waals surface area contributed by atoms with Crippen LogP contribution in [0.1, 0.15) is 40.3 Å². The molecule has 0 bridgehead atoms. The summed E-state index contributed by atoms with van der Waals surface area (Å²) in [4.78, 5) is 23.2. The molecule has 1 aromatic carbocycles. The molecule has 1 aliphatic heterocycles. The molecule has 3 aromatic rings. The van der Waals surface area contributed by atoms with E-state index >= 15 is 0 Å². The van der Waals surface area contributed by atoms with Crippen molar-refractivity contribution in [2.75, 3.05) is 18.5 Å². The minimum Gasteiger partial charge on any atom is -0.394 e. The number of aliphatic hydroxyl groups is 1. The third kappa shape index (κ3) is 3.08. The predicted octanol–water partition coefficient (Wildman–Crippen LogP) is 3.43. The SMILES string of the molecule is O=C(c1cc2c(F)c(F)ccc2[nH]1)N1CCc2nc(NC3(CO)CCC3)sc2C1. The lowest BCUT2D eigenvalue weighted by Crippen LogP contribution is -2.48. The molecule has 1 fully saturated rings. The summed E-state index contributed by atoms with van der Waals surface area (Å²) < 4.78 is 27.4. The van der Waals surface area contributed by atoms with Crippen molar-refractivity contribution in [1.82, 2.24) is 14.9 Å². The van der Waals surface area contributed by atoms with E-state index in [4.69, 9.17) is 0 Å². The van der Waals surface area contributed by atoms with Crippen LogP contribution < -0.4 is 5.32 Å². The lowest BCUT2D eigenvalue weighted by molar-refractivity contribution is 0.0731. The minimum atomic E-state index is -0.953. The van der Waals surface area contributed by atoms with E-state index in [-0.39, 0.29) is 29.1 Å². The van der Waals surface area contributed by atoms with E-state index in [1.807, 2.05) is 0 Å². The fourth-order valence-electron chi connectivity index (χ4n) is 4.00. The summed E-state index contributed by atoms with van der Waals surface area (Å²) in [5, 5.41) is 13.9. The molecule has 3 N–H and O–H groups in total. The fourth-order valence-corrected chi connectivity index (χ4v) is 5.15. The topological polar surface area (TPSA) is 81.2 Å². The summed E-state index contributed by atoms with van der Waals surface area (Å²) in [5.74, 6) is -2.14. The van der Waals surface area contributed by atoms with Crippen LogP contribution in [-0.2, 0) is 13.0 Å². The van der Waals surface area contributed by atoms with Gasteiger partial charge in [-0.05, 0) is 37.5 Å².